The second-order valence-corrected chi connectivity index (χ2v) is 10.8. The van der Waals surface area contributed by atoms with Crippen LogP contribution in [0.15, 0.2) is 59.7 Å². The number of hydroxylamine groups is 1. The van der Waals surface area contributed by atoms with E-state index in [-0.39, 0.29) is 16.9 Å². The van der Waals surface area contributed by atoms with E-state index >= 15 is 0 Å². The van der Waals surface area contributed by atoms with E-state index in [2.05, 4.69) is 27.7 Å². The molecular weight excluding hydrogens is 508 g/mol. The third-order valence-electron chi connectivity index (χ3n) is 6.40. The van der Waals surface area contributed by atoms with Gasteiger partial charge in [-0.05, 0) is 54.3 Å². The number of nitrogens with one attached hydrogen (secondary N) is 2. The van der Waals surface area contributed by atoms with Gasteiger partial charge in [0, 0.05) is 30.3 Å². The maximum absolute atomic E-state index is 13.2. The molecule has 0 spiro atoms. The van der Waals surface area contributed by atoms with Gasteiger partial charge >= 0.3 is 0 Å². The standard InChI is InChI=1S/C26H26N6O5S/c1-4-16-5-8-19(9-6-16)31-15-21(25(34)30-37-2)23(33)20-14-27-26(29-24(20)31)28-18-7-10-22-17(13-18)11-12-32(22)38(3,35)36/h5-10,13-15H,4,11-12H2,1-3H3,(H,30,34)(H,27,28,29). The first-order chi connectivity index (χ1) is 18.2. The lowest BCUT2D eigenvalue weighted by atomic mass is 10.1. The van der Waals surface area contributed by atoms with Crippen LogP contribution in [-0.2, 0) is 27.7 Å². The summed E-state index contributed by atoms with van der Waals surface area (Å²) >= 11 is 0. The highest BCUT2D eigenvalue weighted by atomic mass is 32.2. The zero-order valence-electron chi connectivity index (χ0n) is 21.1. The Morgan fingerprint density at radius 2 is 1.92 bits per heavy atom. The van der Waals surface area contributed by atoms with Crippen molar-refractivity contribution in [1.29, 1.82) is 0 Å². The van der Waals surface area contributed by atoms with Gasteiger partial charge in [0.25, 0.3) is 5.91 Å². The third kappa shape index (κ3) is 4.71. The van der Waals surface area contributed by atoms with Crippen LogP contribution in [0.5, 0.6) is 0 Å². The molecule has 2 aromatic heterocycles. The first kappa shape index (κ1) is 25.4. The van der Waals surface area contributed by atoms with Gasteiger partial charge in [0.15, 0.2) is 5.65 Å². The molecule has 5 rings (SSSR count). The molecule has 38 heavy (non-hydrogen) atoms. The van der Waals surface area contributed by atoms with Gasteiger partial charge in [-0.15, -0.1) is 0 Å². The van der Waals surface area contributed by atoms with E-state index in [4.69, 9.17) is 4.84 Å². The van der Waals surface area contributed by atoms with Gasteiger partial charge in [-0.1, -0.05) is 19.1 Å². The largest absolute Gasteiger partial charge is 0.324 e. The number of rotatable bonds is 7. The van der Waals surface area contributed by atoms with E-state index in [0.717, 1.165) is 17.5 Å². The lowest BCUT2D eigenvalue weighted by molar-refractivity contribution is 0.0536. The van der Waals surface area contributed by atoms with E-state index in [1.54, 1.807) is 16.7 Å². The number of hydrogen-bond acceptors (Lipinski definition) is 8. The zero-order chi connectivity index (χ0) is 27.0. The minimum atomic E-state index is -3.35. The van der Waals surface area contributed by atoms with E-state index in [1.807, 2.05) is 30.3 Å². The molecule has 0 aliphatic carbocycles. The summed E-state index contributed by atoms with van der Waals surface area (Å²) in [5, 5.41) is 3.31. The van der Waals surface area contributed by atoms with Crippen molar-refractivity contribution in [2.24, 2.45) is 0 Å². The highest BCUT2D eigenvalue weighted by Crippen LogP contribution is 2.32. The Balaban J connectivity index is 1.58. The Hall–Kier alpha value is -4.29. The number of benzene rings is 2. The lowest BCUT2D eigenvalue weighted by Gasteiger charge is -2.17. The fourth-order valence-electron chi connectivity index (χ4n) is 4.49. The summed E-state index contributed by atoms with van der Waals surface area (Å²) in [6.07, 6.45) is 5.47. The number of carbonyl (C=O) groups excluding carboxylic acids is 1. The number of hydrogen-bond donors (Lipinski definition) is 2. The molecule has 0 saturated heterocycles. The van der Waals surface area contributed by atoms with Crippen molar-refractivity contribution in [3.8, 4) is 5.69 Å². The molecule has 11 nitrogen and oxygen atoms in total. The Kier molecular flexibility index (Phi) is 6.59. The summed E-state index contributed by atoms with van der Waals surface area (Å²) in [5.41, 5.74) is 5.94. The maximum Gasteiger partial charge on any atom is 0.280 e. The molecule has 0 bridgehead atoms. The van der Waals surface area contributed by atoms with Gasteiger partial charge in [-0.3, -0.25) is 18.7 Å². The molecule has 1 amide bonds. The summed E-state index contributed by atoms with van der Waals surface area (Å²) < 4.78 is 27.1. The smallest absolute Gasteiger partial charge is 0.280 e. The van der Waals surface area contributed by atoms with Gasteiger partial charge in [0.1, 0.15) is 5.56 Å². The van der Waals surface area contributed by atoms with Crippen molar-refractivity contribution in [3.05, 3.63) is 81.8 Å². The predicted octanol–water partition coefficient (Wildman–Crippen LogP) is 2.70. The quantitative estimate of drug-likeness (QED) is 0.346. The molecule has 0 fully saturated rings. The lowest BCUT2D eigenvalue weighted by Crippen LogP contribution is -2.29. The molecule has 1 aliphatic rings. The van der Waals surface area contributed by atoms with Crippen molar-refractivity contribution in [2.75, 3.05) is 29.5 Å². The summed E-state index contributed by atoms with van der Waals surface area (Å²) in [6.45, 7) is 2.45. The van der Waals surface area contributed by atoms with Crippen molar-refractivity contribution in [2.45, 2.75) is 19.8 Å². The Morgan fingerprint density at radius 1 is 1.16 bits per heavy atom. The number of carbonyl (C=O) groups is 1. The molecule has 0 saturated carbocycles. The van der Waals surface area contributed by atoms with Crippen LogP contribution in [0.1, 0.15) is 28.4 Å². The summed E-state index contributed by atoms with van der Waals surface area (Å²) in [5.74, 6) is -0.440. The van der Waals surface area contributed by atoms with Crippen molar-refractivity contribution < 1.29 is 18.0 Å². The summed E-state index contributed by atoms with van der Waals surface area (Å²) in [4.78, 5) is 39.3. The van der Waals surface area contributed by atoms with Crippen molar-refractivity contribution in [3.63, 3.8) is 0 Å². The average molecular weight is 535 g/mol. The van der Waals surface area contributed by atoms with Crippen LogP contribution < -0.4 is 20.5 Å². The molecule has 0 unspecified atom stereocenters. The molecule has 0 atom stereocenters. The second-order valence-electron chi connectivity index (χ2n) is 8.88. The third-order valence-corrected chi connectivity index (χ3v) is 7.58. The molecule has 196 valence electrons. The fraction of sp³-hybridized carbons (Fsp3) is 0.231. The van der Waals surface area contributed by atoms with Crippen LogP contribution in [0.2, 0.25) is 0 Å². The van der Waals surface area contributed by atoms with E-state index in [0.29, 0.717) is 35.7 Å². The number of nitrogens with zero attached hydrogens (tertiary/aromatic N) is 4. The van der Waals surface area contributed by atoms with Crippen LogP contribution in [0.3, 0.4) is 0 Å². The van der Waals surface area contributed by atoms with Crippen LogP contribution in [0, 0.1) is 0 Å². The first-order valence-corrected chi connectivity index (χ1v) is 13.8. The topological polar surface area (TPSA) is 136 Å². The predicted molar refractivity (Wildman–Crippen MR) is 145 cm³/mol. The Morgan fingerprint density at radius 3 is 2.61 bits per heavy atom. The molecule has 0 radical (unpaired) electrons. The van der Waals surface area contributed by atoms with E-state index in [1.165, 1.54) is 30.1 Å². The number of sulfonamides is 1. The number of anilines is 3. The average Bonchev–Trinajstić information content (AvgIpc) is 3.33. The molecule has 4 aromatic rings. The SMILES string of the molecule is CCc1ccc(-n2cc(C(=O)NOC)c(=O)c3cnc(Nc4ccc5c(c4)CCN5S(C)(=O)=O)nc32)cc1. The molecule has 3 heterocycles. The first-order valence-electron chi connectivity index (χ1n) is 11.9. The summed E-state index contributed by atoms with van der Waals surface area (Å²) in [6, 6.07) is 13.1. The number of aryl methyl sites for hydroxylation is 1. The Labute approximate surface area is 219 Å². The summed E-state index contributed by atoms with van der Waals surface area (Å²) in [7, 11) is -2.05. The van der Waals surface area contributed by atoms with Gasteiger partial charge in [0.2, 0.25) is 21.4 Å². The van der Waals surface area contributed by atoms with Crippen LogP contribution >= 0.6 is 0 Å². The van der Waals surface area contributed by atoms with Crippen molar-refractivity contribution >= 4 is 44.3 Å². The second kappa shape index (κ2) is 9.88. The van der Waals surface area contributed by atoms with Gasteiger partial charge in [-0.25, -0.2) is 18.9 Å². The highest BCUT2D eigenvalue weighted by molar-refractivity contribution is 7.92. The van der Waals surface area contributed by atoms with Gasteiger partial charge in [0.05, 0.1) is 24.4 Å². The minimum Gasteiger partial charge on any atom is -0.324 e. The molecular formula is C26H26N6O5S. The monoisotopic (exact) mass is 534 g/mol. The normalized spacial score (nSPS) is 13.0. The highest BCUT2D eigenvalue weighted by Gasteiger charge is 2.26. The number of fused-ring (bicyclic) bond motifs is 2. The Bertz CT molecular complexity index is 1720. The number of amides is 1. The van der Waals surface area contributed by atoms with Gasteiger partial charge in [-0.2, -0.15) is 4.98 Å². The molecule has 12 heteroatoms. The van der Waals surface area contributed by atoms with E-state index in [9.17, 15) is 18.0 Å². The van der Waals surface area contributed by atoms with E-state index < -0.39 is 21.4 Å². The van der Waals surface area contributed by atoms with Crippen molar-refractivity contribution in [1.82, 2.24) is 20.0 Å². The number of pyridine rings is 1. The fourth-order valence-corrected chi connectivity index (χ4v) is 5.45. The molecule has 2 N–H and O–H groups in total. The maximum atomic E-state index is 13.2. The minimum absolute atomic E-state index is 0.114. The van der Waals surface area contributed by atoms with Gasteiger partial charge < -0.3 is 9.88 Å². The number of aromatic nitrogens is 3. The van der Waals surface area contributed by atoms with Crippen LogP contribution in [-0.4, -0.2) is 48.8 Å². The molecule has 1 aliphatic heterocycles. The zero-order valence-corrected chi connectivity index (χ0v) is 21.9. The van der Waals surface area contributed by atoms with Crippen LogP contribution in [0.25, 0.3) is 16.7 Å². The molecule has 2 aromatic carbocycles. The van der Waals surface area contributed by atoms with Crippen LogP contribution in [0.4, 0.5) is 17.3 Å².